The average Bonchev–Trinajstić information content (AvgIpc) is 2.45. The molecule has 2 atom stereocenters. The van der Waals surface area contributed by atoms with Gasteiger partial charge in [0.1, 0.15) is 11.0 Å². The first kappa shape index (κ1) is 16.0. The smallest absolute Gasteiger partial charge is 0.191 e. The van der Waals surface area contributed by atoms with E-state index >= 15 is 0 Å². The summed E-state index contributed by atoms with van der Waals surface area (Å²) in [6.07, 6.45) is 2.97. The fraction of sp³-hybridized carbons (Fsp3) is 0.400. The molecule has 0 aromatic carbocycles. The molecule has 2 rings (SSSR count). The van der Waals surface area contributed by atoms with Gasteiger partial charge in [0.2, 0.25) is 0 Å². The molecular weight excluding hydrogens is 304 g/mol. The highest BCUT2D eigenvalue weighted by molar-refractivity contribution is 7.99. The van der Waals surface area contributed by atoms with Crippen molar-refractivity contribution >= 4 is 29.2 Å². The third kappa shape index (κ3) is 4.32. The zero-order valence-corrected chi connectivity index (χ0v) is 13.9. The molecular formula is C15H19ClN4S. The first-order valence-electron chi connectivity index (χ1n) is 6.92. The molecule has 0 aliphatic rings. The second-order valence-corrected chi connectivity index (χ2v) is 6.68. The Morgan fingerprint density at radius 2 is 2.05 bits per heavy atom. The van der Waals surface area contributed by atoms with E-state index in [0.717, 1.165) is 12.1 Å². The zero-order valence-electron chi connectivity index (χ0n) is 12.4. The molecule has 0 amide bonds. The van der Waals surface area contributed by atoms with Crippen molar-refractivity contribution in [3.8, 4) is 0 Å². The van der Waals surface area contributed by atoms with Crippen molar-refractivity contribution in [3.05, 3.63) is 40.8 Å². The molecule has 112 valence electrons. The normalized spacial score (nSPS) is 13.9. The Hall–Kier alpha value is -1.33. The predicted octanol–water partition coefficient (Wildman–Crippen LogP) is 4.47. The molecule has 4 nitrogen and oxygen atoms in total. The van der Waals surface area contributed by atoms with E-state index in [1.807, 2.05) is 6.20 Å². The van der Waals surface area contributed by atoms with Crippen LogP contribution in [0.1, 0.15) is 49.6 Å². The Morgan fingerprint density at radius 3 is 2.71 bits per heavy atom. The fourth-order valence-corrected chi connectivity index (χ4v) is 3.03. The minimum atomic E-state index is 0.131. The minimum Gasteiger partial charge on any atom is -0.384 e. The van der Waals surface area contributed by atoms with Gasteiger partial charge in [0.15, 0.2) is 5.16 Å². The van der Waals surface area contributed by atoms with Crippen LogP contribution in [-0.2, 0) is 0 Å². The monoisotopic (exact) mass is 322 g/mol. The molecule has 21 heavy (non-hydrogen) atoms. The molecule has 2 aromatic rings. The highest BCUT2D eigenvalue weighted by atomic mass is 35.5. The highest BCUT2D eigenvalue weighted by Crippen LogP contribution is 2.33. The number of aromatic nitrogens is 3. The van der Waals surface area contributed by atoms with Gasteiger partial charge in [-0.3, -0.25) is 4.98 Å². The van der Waals surface area contributed by atoms with E-state index in [4.69, 9.17) is 17.3 Å². The van der Waals surface area contributed by atoms with Gasteiger partial charge in [-0.25, -0.2) is 9.97 Å². The summed E-state index contributed by atoms with van der Waals surface area (Å²) >= 11 is 7.41. The van der Waals surface area contributed by atoms with Crippen LogP contribution in [0, 0.1) is 0 Å². The molecule has 0 aliphatic heterocycles. The van der Waals surface area contributed by atoms with E-state index in [9.17, 15) is 0 Å². The number of thioether (sulfide) groups is 1. The molecule has 2 heterocycles. The van der Waals surface area contributed by atoms with Crippen molar-refractivity contribution < 1.29 is 0 Å². The maximum absolute atomic E-state index is 5.91. The lowest BCUT2D eigenvalue weighted by Crippen LogP contribution is -2.00. The summed E-state index contributed by atoms with van der Waals surface area (Å²) in [7, 11) is 0. The Morgan fingerprint density at radius 1 is 1.29 bits per heavy atom. The molecule has 6 heteroatoms. The molecule has 2 aromatic heterocycles. The average molecular weight is 323 g/mol. The third-order valence-corrected chi connectivity index (χ3v) is 4.56. The number of halogens is 1. The Balaban J connectivity index is 2.18. The zero-order chi connectivity index (χ0) is 15.4. The molecule has 0 fully saturated rings. The van der Waals surface area contributed by atoms with Crippen molar-refractivity contribution in [1.82, 2.24) is 15.0 Å². The molecule has 0 bridgehead atoms. The van der Waals surface area contributed by atoms with Crippen LogP contribution in [0.15, 0.2) is 29.6 Å². The largest absolute Gasteiger partial charge is 0.384 e. The summed E-state index contributed by atoms with van der Waals surface area (Å²) in [5.41, 5.74) is 8.01. The molecule has 0 spiro atoms. The third-order valence-electron chi connectivity index (χ3n) is 3.38. The van der Waals surface area contributed by atoms with Crippen molar-refractivity contribution in [2.75, 3.05) is 5.73 Å². The van der Waals surface area contributed by atoms with Crippen molar-refractivity contribution in [1.29, 1.82) is 0 Å². The van der Waals surface area contributed by atoms with Gasteiger partial charge < -0.3 is 5.73 Å². The molecule has 0 saturated heterocycles. The summed E-state index contributed by atoms with van der Waals surface area (Å²) in [6.45, 7) is 6.48. The predicted molar refractivity (Wildman–Crippen MR) is 88.7 cm³/mol. The fourth-order valence-electron chi connectivity index (χ4n) is 1.91. The molecule has 2 N–H and O–H groups in total. The van der Waals surface area contributed by atoms with Crippen LogP contribution >= 0.6 is 23.4 Å². The van der Waals surface area contributed by atoms with Gasteiger partial charge in [0.05, 0.1) is 10.9 Å². The number of nitrogens with two attached hydrogens (primary N) is 1. The Kier molecular flexibility index (Phi) is 5.42. The van der Waals surface area contributed by atoms with Crippen LogP contribution in [0.3, 0.4) is 0 Å². The Bertz CT molecular complexity index is 600. The number of rotatable bonds is 5. The first-order valence-corrected chi connectivity index (χ1v) is 8.18. The van der Waals surface area contributed by atoms with Crippen molar-refractivity contribution in [3.63, 3.8) is 0 Å². The second kappa shape index (κ2) is 7.09. The van der Waals surface area contributed by atoms with Gasteiger partial charge in [0.25, 0.3) is 0 Å². The minimum absolute atomic E-state index is 0.131. The van der Waals surface area contributed by atoms with Gasteiger partial charge in [-0.2, -0.15) is 0 Å². The SMILES string of the molecule is CCC(C)c1ccnc(C(C)Sc2nc(N)cc(Cl)n2)c1. The van der Waals surface area contributed by atoms with Crippen LogP contribution in [-0.4, -0.2) is 15.0 Å². The van der Waals surface area contributed by atoms with Crippen LogP contribution in [0.25, 0.3) is 0 Å². The van der Waals surface area contributed by atoms with E-state index in [-0.39, 0.29) is 5.25 Å². The number of hydrogen-bond donors (Lipinski definition) is 1. The molecule has 0 radical (unpaired) electrons. The van der Waals surface area contributed by atoms with E-state index in [1.54, 1.807) is 0 Å². The molecule has 0 aliphatic carbocycles. The maximum Gasteiger partial charge on any atom is 0.191 e. The summed E-state index contributed by atoms with van der Waals surface area (Å²) in [4.78, 5) is 12.8. The topological polar surface area (TPSA) is 64.7 Å². The van der Waals surface area contributed by atoms with Gasteiger partial charge >= 0.3 is 0 Å². The molecule has 2 unspecified atom stereocenters. The van der Waals surface area contributed by atoms with Crippen molar-refractivity contribution in [2.24, 2.45) is 0 Å². The van der Waals surface area contributed by atoms with E-state index in [0.29, 0.717) is 22.0 Å². The lowest BCUT2D eigenvalue weighted by molar-refractivity contribution is 0.729. The first-order chi connectivity index (χ1) is 9.99. The lowest BCUT2D eigenvalue weighted by atomic mass is 9.99. The van der Waals surface area contributed by atoms with E-state index < -0.39 is 0 Å². The molecule has 0 saturated carbocycles. The second-order valence-electron chi connectivity index (χ2n) is 4.98. The lowest BCUT2D eigenvalue weighted by Gasteiger charge is -2.14. The summed E-state index contributed by atoms with van der Waals surface area (Å²) < 4.78 is 0. The van der Waals surface area contributed by atoms with E-state index in [2.05, 4.69) is 47.9 Å². The van der Waals surface area contributed by atoms with Gasteiger partial charge in [-0.15, -0.1) is 0 Å². The highest BCUT2D eigenvalue weighted by Gasteiger charge is 2.14. The number of nitrogen functional groups attached to an aromatic ring is 1. The van der Waals surface area contributed by atoms with E-state index in [1.165, 1.54) is 23.4 Å². The summed E-state index contributed by atoms with van der Waals surface area (Å²) in [6, 6.07) is 5.76. The quantitative estimate of drug-likeness (QED) is 0.499. The standard InChI is InChI=1S/C15H19ClN4S/c1-4-9(2)11-5-6-18-12(7-11)10(3)21-15-19-13(16)8-14(17)20-15/h5-10H,4H2,1-3H3,(H2,17,19,20). The number of pyridine rings is 1. The van der Waals surface area contributed by atoms with Crippen LogP contribution in [0.4, 0.5) is 5.82 Å². The Labute approximate surface area is 134 Å². The van der Waals surface area contributed by atoms with Gasteiger partial charge in [0, 0.05) is 12.3 Å². The van der Waals surface area contributed by atoms with Crippen LogP contribution in [0.2, 0.25) is 5.15 Å². The number of hydrogen-bond acceptors (Lipinski definition) is 5. The number of nitrogens with zero attached hydrogens (tertiary/aromatic N) is 3. The summed E-state index contributed by atoms with van der Waals surface area (Å²) in [5.74, 6) is 0.910. The van der Waals surface area contributed by atoms with Gasteiger partial charge in [-0.05, 0) is 37.0 Å². The van der Waals surface area contributed by atoms with Crippen LogP contribution in [0.5, 0.6) is 0 Å². The van der Waals surface area contributed by atoms with Crippen LogP contribution < -0.4 is 5.73 Å². The summed E-state index contributed by atoms with van der Waals surface area (Å²) in [5, 5.41) is 1.06. The number of anilines is 1. The van der Waals surface area contributed by atoms with Gasteiger partial charge in [-0.1, -0.05) is 37.2 Å². The maximum atomic E-state index is 5.91. The van der Waals surface area contributed by atoms with Crippen molar-refractivity contribution in [2.45, 2.75) is 43.5 Å².